The number of nitrogens with one attached hydrogen (secondary N) is 3. The Balaban J connectivity index is 1.27. The van der Waals surface area contributed by atoms with E-state index in [4.69, 9.17) is 11.6 Å². The Kier molecular flexibility index (Phi) is 6.42. The number of carbonyl (C=O) groups is 2. The van der Waals surface area contributed by atoms with E-state index in [1.54, 1.807) is 60.8 Å². The molecule has 1 aliphatic carbocycles. The van der Waals surface area contributed by atoms with Gasteiger partial charge in [-0.25, -0.2) is 0 Å². The summed E-state index contributed by atoms with van der Waals surface area (Å²) < 4.78 is 1.52. The van der Waals surface area contributed by atoms with E-state index in [0.29, 0.717) is 22.0 Å². The smallest absolute Gasteiger partial charge is 0.268 e. The second-order valence-corrected chi connectivity index (χ2v) is 9.25. The zero-order valence-electron chi connectivity index (χ0n) is 19.0. The highest BCUT2D eigenvalue weighted by atomic mass is 35.5. The highest BCUT2D eigenvalue weighted by molar-refractivity contribution is 6.31. The van der Waals surface area contributed by atoms with Crippen molar-refractivity contribution in [3.63, 3.8) is 0 Å². The summed E-state index contributed by atoms with van der Waals surface area (Å²) in [5.41, 5.74) is 2.32. The van der Waals surface area contributed by atoms with Crippen molar-refractivity contribution < 1.29 is 9.59 Å². The van der Waals surface area contributed by atoms with Crippen LogP contribution < -0.4 is 16.2 Å². The zero-order valence-corrected chi connectivity index (χ0v) is 19.7. The Morgan fingerprint density at radius 2 is 1.60 bits per heavy atom. The lowest BCUT2D eigenvalue weighted by atomic mass is 9.90. The van der Waals surface area contributed by atoms with Gasteiger partial charge in [0.15, 0.2) is 0 Å². The van der Waals surface area contributed by atoms with E-state index < -0.39 is 0 Å². The maximum absolute atomic E-state index is 13.0. The molecule has 5 rings (SSSR count). The average Bonchev–Trinajstić information content (AvgIpc) is 3.29. The number of rotatable bonds is 5. The van der Waals surface area contributed by atoms with Crippen molar-refractivity contribution in [3.8, 4) is 5.69 Å². The number of carbonyl (C=O) groups excluding carboxylic acids is 2. The van der Waals surface area contributed by atoms with Gasteiger partial charge in [-0.2, -0.15) is 0 Å². The SMILES string of the molecule is O=C(N[C@H]1CCCC[C@H]1NC(=O)c1cc2ccc(Cl)cc2[nH]1)c1ccc(-n2ccccc2=O)cc1. The molecule has 0 spiro atoms. The molecule has 4 aromatic rings. The highest BCUT2D eigenvalue weighted by Gasteiger charge is 2.28. The monoisotopic (exact) mass is 488 g/mol. The molecule has 8 heteroatoms. The van der Waals surface area contributed by atoms with Crippen LogP contribution in [0.25, 0.3) is 16.6 Å². The van der Waals surface area contributed by atoms with Gasteiger partial charge in [0.2, 0.25) is 0 Å². The summed E-state index contributed by atoms with van der Waals surface area (Å²) in [7, 11) is 0. The van der Waals surface area contributed by atoms with Crippen molar-refractivity contribution in [3.05, 3.63) is 99.6 Å². The molecule has 2 aromatic carbocycles. The molecule has 3 N–H and O–H groups in total. The van der Waals surface area contributed by atoms with E-state index in [0.717, 1.165) is 36.6 Å². The lowest BCUT2D eigenvalue weighted by Gasteiger charge is -2.32. The fraction of sp³-hybridized carbons (Fsp3) is 0.222. The third kappa shape index (κ3) is 5.00. The maximum atomic E-state index is 13.0. The van der Waals surface area contributed by atoms with Crippen LogP contribution in [0.1, 0.15) is 46.5 Å². The van der Waals surface area contributed by atoms with Gasteiger partial charge < -0.3 is 15.6 Å². The Morgan fingerprint density at radius 1 is 0.886 bits per heavy atom. The summed E-state index contributed by atoms with van der Waals surface area (Å²) in [5, 5.41) is 7.71. The van der Waals surface area contributed by atoms with Gasteiger partial charge in [-0.1, -0.05) is 36.6 Å². The number of hydrogen-bond donors (Lipinski definition) is 3. The molecule has 2 amide bonds. The van der Waals surface area contributed by atoms with Gasteiger partial charge >= 0.3 is 0 Å². The predicted molar refractivity (Wildman–Crippen MR) is 136 cm³/mol. The van der Waals surface area contributed by atoms with E-state index in [9.17, 15) is 14.4 Å². The van der Waals surface area contributed by atoms with Gasteiger partial charge in [-0.15, -0.1) is 0 Å². The van der Waals surface area contributed by atoms with Gasteiger partial charge in [-0.05, 0) is 61.4 Å². The summed E-state index contributed by atoms with van der Waals surface area (Å²) >= 11 is 6.05. The van der Waals surface area contributed by atoms with Crippen molar-refractivity contribution in [2.24, 2.45) is 0 Å². The molecule has 35 heavy (non-hydrogen) atoms. The van der Waals surface area contributed by atoms with E-state index in [1.165, 1.54) is 10.6 Å². The Bertz CT molecular complexity index is 1440. The maximum Gasteiger partial charge on any atom is 0.268 e. The molecule has 0 bridgehead atoms. The Hall–Kier alpha value is -3.84. The minimum absolute atomic E-state index is 0.136. The molecule has 0 unspecified atom stereocenters. The summed E-state index contributed by atoms with van der Waals surface area (Å²) in [4.78, 5) is 41.1. The summed E-state index contributed by atoms with van der Waals surface area (Å²) in [6, 6.07) is 18.8. The number of benzene rings is 2. The number of amides is 2. The summed E-state index contributed by atoms with van der Waals surface area (Å²) in [5.74, 6) is -0.413. The van der Waals surface area contributed by atoms with Gasteiger partial charge in [0, 0.05) is 51.5 Å². The quantitative estimate of drug-likeness (QED) is 0.387. The van der Waals surface area contributed by atoms with E-state index >= 15 is 0 Å². The van der Waals surface area contributed by atoms with Crippen LogP contribution in [0.15, 0.2) is 77.7 Å². The van der Waals surface area contributed by atoms with Crippen LogP contribution in [-0.2, 0) is 0 Å². The number of aromatic amines is 1. The van der Waals surface area contributed by atoms with Crippen LogP contribution in [0.5, 0.6) is 0 Å². The molecule has 2 aromatic heterocycles. The predicted octanol–water partition coefficient (Wildman–Crippen LogP) is 4.44. The number of pyridine rings is 1. The number of nitrogens with zero attached hydrogens (tertiary/aromatic N) is 1. The first kappa shape index (κ1) is 22.9. The van der Waals surface area contributed by atoms with Gasteiger partial charge in [0.25, 0.3) is 17.4 Å². The second-order valence-electron chi connectivity index (χ2n) is 8.81. The van der Waals surface area contributed by atoms with E-state index in [-0.39, 0.29) is 29.5 Å². The number of H-pyrrole nitrogens is 1. The minimum atomic E-state index is -0.207. The molecule has 7 nitrogen and oxygen atoms in total. The molecule has 1 saturated carbocycles. The number of halogens is 1. The van der Waals surface area contributed by atoms with Crippen LogP contribution >= 0.6 is 11.6 Å². The molecule has 178 valence electrons. The number of hydrogen-bond acceptors (Lipinski definition) is 3. The molecule has 0 radical (unpaired) electrons. The zero-order chi connectivity index (χ0) is 24.4. The molecule has 2 atom stereocenters. The van der Waals surface area contributed by atoms with Gasteiger partial charge in [0.1, 0.15) is 5.69 Å². The Labute approximate surface area is 207 Å². The average molecular weight is 489 g/mol. The molecule has 2 heterocycles. The fourth-order valence-corrected chi connectivity index (χ4v) is 4.78. The number of aromatic nitrogens is 2. The van der Waals surface area contributed by atoms with Crippen molar-refractivity contribution >= 4 is 34.3 Å². The normalized spacial score (nSPS) is 17.7. The summed E-state index contributed by atoms with van der Waals surface area (Å²) in [6.45, 7) is 0. The lowest BCUT2D eigenvalue weighted by Crippen LogP contribution is -2.53. The standard InChI is InChI=1S/C27H25ClN4O3/c28-19-11-8-18-15-24(29-23(18)16-19)27(35)31-22-6-2-1-5-21(22)30-26(34)17-9-12-20(13-10-17)32-14-4-3-7-25(32)33/h3-4,7-16,21-22,29H,1-2,5-6H2,(H,30,34)(H,31,35)/t21-,22+/m0/s1. The van der Waals surface area contributed by atoms with Crippen molar-refractivity contribution in [2.75, 3.05) is 0 Å². The van der Waals surface area contributed by atoms with Crippen LogP contribution in [0.4, 0.5) is 0 Å². The molecular formula is C27H25ClN4O3. The molecule has 1 fully saturated rings. The van der Waals surface area contributed by atoms with E-state index in [1.807, 2.05) is 6.07 Å². The molecular weight excluding hydrogens is 464 g/mol. The molecule has 1 aliphatic rings. The first-order chi connectivity index (χ1) is 17.0. The van der Waals surface area contributed by atoms with Crippen LogP contribution in [0, 0.1) is 0 Å². The molecule has 0 saturated heterocycles. The Morgan fingerprint density at radius 3 is 2.31 bits per heavy atom. The van der Waals surface area contributed by atoms with E-state index in [2.05, 4.69) is 15.6 Å². The van der Waals surface area contributed by atoms with Crippen LogP contribution in [-0.4, -0.2) is 33.4 Å². The third-order valence-corrected chi connectivity index (χ3v) is 6.69. The van der Waals surface area contributed by atoms with Crippen molar-refractivity contribution in [1.29, 1.82) is 0 Å². The summed E-state index contributed by atoms with van der Waals surface area (Å²) in [6.07, 6.45) is 5.24. The topological polar surface area (TPSA) is 96.0 Å². The highest BCUT2D eigenvalue weighted by Crippen LogP contribution is 2.22. The molecule has 0 aliphatic heterocycles. The fourth-order valence-electron chi connectivity index (χ4n) is 4.61. The van der Waals surface area contributed by atoms with Gasteiger partial charge in [-0.3, -0.25) is 19.0 Å². The van der Waals surface area contributed by atoms with Crippen LogP contribution in [0.2, 0.25) is 5.02 Å². The van der Waals surface area contributed by atoms with Crippen LogP contribution in [0.3, 0.4) is 0 Å². The third-order valence-electron chi connectivity index (χ3n) is 6.46. The largest absolute Gasteiger partial charge is 0.350 e. The lowest BCUT2D eigenvalue weighted by molar-refractivity contribution is 0.0860. The van der Waals surface area contributed by atoms with Crippen molar-refractivity contribution in [1.82, 2.24) is 20.2 Å². The number of fused-ring (bicyclic) bond motifs is 1. The first-order valence-corrected chi connectivity index (χ1v) is 12.0. The van der Waals surface area contributed by atoms with Crippen molar-refractivity contribution in [2.45, 2.75) is 37.8 Å². The second kappa shape index (κ2) is 9.80. The first-order valence-electron chi connectivity index (χ1n) is 11.7. The van der Waals surface area contributed by atoms with Gasteiger partial charge in [0.05, 0.1) is 0 Å². The minimum Gasteiger partial charge on any atom is -0.350 e.